The average Bonchev–Trinajstić information content (AvgIpc) is 2.95. The van der Waals surface area contributed by atoms with Crippen molar-refractivity contribution in [3.05, 3.63) is 29.8 Å². The van der Waals surface area contributed by atoms with Gasteiger partial charge in [0.15, 0.2) is 0 Å². The molecule has 0 amide bonds. The normalized spacial score (nSPS) is 19.5. The molecule has 1 fully saturated rings. The van der Waals surface area contributed by atoms with Gasteiger partial charge in [-0.3, -0.25) is 4.90 Å². The van der Waals surface area contributed by atoms with Crippen LogP contribution in [0.3, 0.4) is 0 Å². The molecule has 5 nitrogen and oxygen atoms in total. The van der Waals surface area contributed by atoms with Crippen LogP contribution in [0.2, 0.25) is 0 Å². The first-order valence-electron chi connectivity index (χ1n) is 7.89. The van der Waals surface area contributed by atoms with Gasteiger partial charge in [0.1, 0.15) is 5.75 Å². The van der Waals surface area contributed by atoms with E-state index in [9.17, 15) is 8.42 Å². The van der Waals surface area contributed by atoms with Gasteiger partial charge in [0.2, 0.25) is 10.0 Å². The summed E-state index contributed by atoms with van der Waals surface area (Å²) in [5, 5.41) is 0. The Hall–Kier alpha value is -1.11. The zero-order chi connectivity index (χ0) is 16.0. The van der Waals surface area contributed by atoms with Crippen LogP contribution in [0.15, 0.2) is 24.3 Å². The van der Waals surface area contributed by atoms with Gasteiger partial charge < -0.3 is 4.74 Å². The Morgan fingerprint density at radius 3 is 2.86 bits per heavy atom. The highest BCUT2D eigenvalue weighted by atomic mass is 32.2. The second-order valence-electron chi connectivity index (χ2n) is 5.65. The quantitative estimate of drug-likeness (QED) is 0.789. The summed E-state index contributed by atoms with van der Waals surface area (Å²) in [4.78, 5) is 2.38. The first-order valence-corrected chi connectivity index (χ1v) is 9.54. The van der Waals surface area contributed by atoms with Gasteiger partial charge in [0.25, 0.3) is 0 Å². The molecule has 1 atom stereocenters. The van der Waals surface area contributed by atoms with Gasteiger partial charge in [-0.15, -0.1) is 0 Å². The molecule has 1 aliphatic heterocycles. The molecule has 1 aromatic carbocycles. The van der Waals surface area contributed by atoms with Crippen molar-refractivity contribution in [2.75, 3.05) is 32.5 Å². The molecule has 0 saturated carbocycles. The Kier molecular flexibility index (Phi) is 6.23. The molecule has 0 aromatic heterocycles. The number of methoxy groups -OCH3 is 1. The van der Waals surface area contributed by atoms with Gasteiger partial charge in [-0.25, -0.2) is 13.1 Å². The summed E-state index contributed by atoms with van der Waals surface area (Å²) in [5.74, 6) is 1.07. The topological polar surface area (TPSA) is 58.6 Å². The Morgan fingerprint density at radius 1 is 1.36 bits per heavy atom. The Morgan fingerprint density at radius 2 is 2.14 bits per heavy atom. The predicted molar refractivity (Wildman–Crippen MR) is 88.8 cm³/mol. The minimum Gasteiger partial charge on any atom is -0.496 e. The maximum Gasteiger partial charge on any atom is 0.211 e. The number of para-hydroxylation sites is 1. The van der Waals surface area contributed by atoms with Crippen LogP contribution in [0.5, 0.6) is 5.75 Å². The van der Waals surface area contributed by atoms with E-state index in [0.29, 0.717) is 12.6 Å². The molecule has 1 heterocycles. The van der Waals surface area contributed by atoms with Crippen LogP contribution < -0.4 is 9.46 Å². The summed E-state index contributed by atoms with van der Waals surface area (Å²) in [6, 6.07) is 8.57. The van der Waals surface area contributed by atoms with Crippen LogP contribution in [0.25, 0.3) is 0 Å². The largest absolute Gasteiger partial charge is 0.496 e. The number of hydrogen-bond donors (Lipinski definition) is 1. The maximum atomic E-state index is 11.5. The molecule has 0 spiro atoms. The van der Waals surface area contributed by atoms with Gasteiger partial charge in [-0.2, -0.15) is 0 Å². The number of sulfonamides is 1. The summed E-state index contributed by atoms with van der Waals surface area (Å²) >= 11 is 0. The monoisotopic (exact) mass is 326 g/mol. The summed E-state index contributed by atoms with van der Waals surface area (Å²) in [5.41, 5.74) is 1.22. The Labute approximate surface area is 133 Å². The standard InChI is InChI=1S/C16H26N2O3S/c1-3-22(19,20)17-10-12-18-11-6-8-15(18)13-14-7-4-5-9-16(14)21-2/h4-5,7,9,15,17H,3,6,8,10-13H2,1-2H3/t15-/m0/s1. The van der Waals surface area contributed by atoms with E-state index < -0.39 is 10.0 Å². The zero-order valence-electron chi connectivity index (χ0n) is 13.4. The van der Waals surface area contributed by atoms with Crippen molar-refractivity contribution in [3.8, 4) is 5.75 Å². The molecule has 22 heavy (non-hydrogen) atoms. The third-order valence-electron chi connectivity index (χ3n) is 4.25. The van der Waals surface area contributed by atoms with E-state index in [1.165, 1.54) is 12.0 Å². The van der Waals surface area contributed by atoms with Crippen LogP contribution >= 0.6 is 0 Å². The molecule has 1 saturated heterocycles. The van der Waals surface area contributed by atoms with Crippen molar-refractivity contribution in [1.82, 2.24) is 9.62 Å². The lowest BCUT2D eigenvalue weighted by Gasteiger charge is -2.25. The van der Waals surface area contributed by atoms with E-state index in [1.54, 1.807) is 14.0 Å². The predicted octanol–water partition coefficient (Wildman–Crippen LogP) is 1.64. The van der Waals surface area contributed by atoms with Crippen molar-refractivity contribution in [1.29, 1.82) is 0 Å². The van der Waals surface area contributed by atoms with E-state index in [4.69, 9.17) is 4.74 Å². The number of likely N-dealkylation sites (tertiary alicyclic amines) is 1. The lowest BCUT2D eigenvalue weighted by Crippen LogP contribution is -2.38. The van der Waals surface area contributed by atoms with Crippen molar-refractivity contribution in [2.45, 2.75) is 32.2 Å². The van der Waals surface area contributed by atoms with Crippen LogP contribution in [0, 0.1) is 0 Å². The highest BCUT2D eigenvalue weighted by molar-refractivity contribution is 7.89. The van der Waals surface area contributed by atoms with Gasteiger partial charge >= 0.3 is 0 Å². The van der Waals surface area contributed by atoms with Gasteiger partial charge in [0, 0.05) is 19.1 Å². The Bertz CT molecular complexity index is 575. The summed E-state index contributed by atoms with van der Waals surface area (Å²) in [6.07, 6.45) is 3.27. The first-order chi connectivity index (χ1) is 10.6. The molecule has 0 radical (unpaired) electrons. The number of hydrogen-bond acceptors (Lipinski definition) is 4. The summed E-state index contributed by atoms with van der Waals surface area (Å²) < 4.78 is 31.0. The molecule has 1 aromatic rings. The van der Waals surface area contributed by atoms with Gasteiger partial charge in [-0.1, -0.05) is 18.2 Å². The molecule has 1 N–H and O–H groups in total. The van der Waals surface area contributed by atoms with Crippen LogP contribution in [0.1, 0.15) is 25.3 Å². The van der Waals surface area contributed by atoms with Gasteiger partial charge in [0.05, 0.1) is 12.9 Å². The summed E-state index contributed by atoms with van der Waals surface area (Å²) in [7, 11) is -1.40. The van der Waals surface area contributed by atoms with Gasteiger partial charge in [-0.05, 0) is 44.4 Å². The van der Waals surface area contributed by atoms with Crippen molar-refractivity contribution >= 4 is 10.0 Å². The smallest absolute Gasteiger partial charge is 0.211 e. The van der Waals surface area contributed by atoms with Crippen LogP contribution in [-0.4, -0.2) is 51.9 Å². The lowest BCUT2D eigenvalue weighted by atomic mass is 10.0. The summed E-state index contributed by atoms with van der Waals surface area (Å²) in [6.45, 7) is 3.94. The Balaban J connectivity index is 1.90. The molecule has 0 aliphatic carbocycles. The molecule has 2 rings (SSSR count). The molecular weight excluding hydrogens is 300 g/mol. The number of rotatable bonds is 8. The minimum absolute atomic E-state index is 0.137. The molecule has 0 unspecified atom stereocenters. The zero-order valence-corrected chi connectivity index (χ0v) is 14.2. The molecule has 6 heteroatoms. The second kappa shape index (κ2) is 7.94. The number of benzene rings is 1. The fourth-order valence-corrected chi connectivity index (χ4v) is 3.60. The first kappa shape index (κ1) is 17.2. The number of nitrogens with one attached hydrogen (secondary N) is 1. The highest BCUT2D eigenvalue weighted by Gasteiger charge is 2.25. The lowest BCUT2D eigenvalue weighted by molar-refractivity contribution is 0.255. The van der Waals surface area contributed by atoms with Crippen LogP contribution in [-0.2, 0) is 16.4 Å². The molecule has 124 valence electrons. The second-order valence-corrected chi connectivity index (χ2v) is 7.74. The van der Waals surface area contributed by atoms with Crippen molar-refractivity contribution < 1.29 is 13.2 Å². The fraction of sp³-hybridized carbons (Fsp3) is 0.625. The van der Waals surface area contributed by atoms with Crippen molar-refractivity contribution in [3.63, 3.8) is 0 Å². The van der Waals surface area contributed by atoms with Crippen LogP contribution in [0.4, 0.5) is 0 Å². The SMILES string of the molecule is CCS(=O)(=O)NCCN1CCC[C@H]1Cc1ccccc1OC. The third-order valence-corrected chi connectivity index (χ3v) is 5.65. The van der Waals surface area contributed by atoms with Crippen molar-refractivity contribution in [2.24, 2.45) is 0 Å². The van der Waals surface area contributed by atoms with E-state index in [1.807, 2.05) is 18.2 Å². The van der Waals surface area contributed by atoms with E-state index in [-0.39, 0.29) is 5.75 Å². The maximum absolute atomic E-state index is 11.5. The van der Waals surface area contributed by atoms with E-state index in [2.05, 4.69) is 15.7 Å². The number of nitrogens with zero attached hydrogens (tertiary/aromatic N) is 1. The molecule has 1 aliphatic rings. The minimum atomic E-state index is -3.09. The molecular formula is C16H26N2O3S. The fourth-order valence-electron chi connectivity index (χ4n) is 2.99. The third kappa shape index (κ3) is 4.69. The average molecular weight is 326 g/mol. The van der Waals surface area contributed by atoms with E-state index in [0.717, 1.165) is 31.7 Å². The molecule has 0 bridgehead atoms. The number of ether oxygens (including phenoxy) is 1. The highest BCUT2D eigenvalue weighted by Crippen LogP contribution is 2.25. The van der Waals surface area contributed by atoms with E-state index >= 15 is 0 Å².